The van der Waals surface area contributed by atoms with Crippen LogP contribution in [0.2, 0.25) is 0 Å². The number of alkyl carbamates (subject to hydrolysis) is 1. The number of hydrogen-bond donors (Lipinski definition) is 5. The predicted molar refractivity (Wildman–Crippen MR) is 241 cm³/mol. The van der Waals surface area contributed by atoms with Crippen molar-refractivity contribution >= 4 is 65.3 Å². The summed E-state index contributed by atoms with van der Waals surface area (Å²) in [5, 5.41) is 12.1. The van der Waals surface area contributed by atoms with E-state index in [9.17, 15) is 43.2 Å². The first kappa shape index (κ1) is 54.5. The van der Waals surface area contributed by atoms with Crippen LogP contribution in [0.25, 0.3) is 0 Å². The number of hydrogen-bond acceptors (Lipinski definition) is 15. The Morgan fingerprint density at radius 1 is 0.742 bits per heavy atom. The molecule has 20 nitrogen and oxygen atoms in total. The van der Waals surface area contributed by atoms with Crippen molar-refractivity contribution in [3.8, 4) is 5.75 Å². The molecule has 2 heterocycles. The maximum absolute atomic E-state index is 14.0. The minimum absolute atomic E-state index is 0.0539. The van der Waals surface area contributed by atoms with E-state index in [2.05, 4.69) is 26.6 Å². The lowest BCUT2D eigenvalue weighted by Crippen LogP contribution is -2.70. The third-order valence-electron chi connectivity index (χ3n) is 9.43. The molecule has 366 valence electrons. The van der Waals surface area contributed by atoms with Crippen LogP contribution in [0.5, 0.6) is 5.75 Å². The predicted octanol–water partition coefficient (Wildman–Crippen LogP) is 3.04. The molecule has 0 bridgehead atoms. The van der Waals surface area contributed by atoms with Crippen LogP contribution < -0.4 is 31.3 Å². The van der Waals surface area contributed by atoms with Crippen molar-refractivity contribution in [3.63, 3.8) is 0 Å². The quantitative estimate of drug-likeness (QED) is 0.0759. The molecule has 6 amide bonds. The van der Waals surface area contributed by atoms with Gasteiger partial charge in [-0.1, -0.05) is 12.1 Å². The fraction of sp³-hybridized carbons (Fsp3) is 0.622. The van der Waals surface area contributed by atoms with E-state index >= 15 is 0 Å². The lowest BCUT2D eigenvalue weighted by Gasteiger charge is -2.49. The molecule has 2 aliphatic rings. The highest BCUT2D eigenvalue weighted by Gasteiger charge is 2.55. The van der Waals surface area contributed by atoms with Gasteiger partial charge in [0.2, 0.25) is 23.6 Å². The summed E-state index contributed by atoms with van der Waals surface area (Å²) < 4.78 is 27.0. The molecule has 0 aliphatic carbocycles. The Morgan fingerprint density at radius 2 is 1.32 bits per heavy atom. The molecular weight excluding hydrogens is 881 g/mol. The Hall–Kier alpha value is -5.86. The number of ether oxygens (including phenoxy) is 5. The number of thioether (sulfide) groups is 1. The van der Waals surface area contributed by atoms with Crippen molar-refractivity contribution in [2.24, 2.45) is 0 Å². The number of carbonyl (C=O) groups excluding carboxylic acids is 9. The van der Waals surface area contributed by atoms with Crippen molar-refractivity contribution in [2.75, 3.05) is 12.9 Å². The van der Waals surface area contributed by atoms with Gasteiger partial charge in [-0.05, 0) is 119 Å². The summed E-state index contributed by atoms with van der Waals surface area (Å²) in [5.74, 6) is -4.97. The highest BCUT2D eigenvalue weighted by molar-refractivity contribution is 8.00. The van der Waals surface area contributed by atoms with Gasteiger partial charge in [0, 0.05) is 19.1 Å². The molecule has 2 aliphatic heterocycles. The summed E-state index contributed by atoms with van der Waals surface area (Å²) >= 11 is 1.25. The van der Waals surface area contributed by atoms with Crippen molar-refractivity contribution in [1.29, 1.82) is 0 Å². The molecule has 0 radical (unpaired) electrons. The number of esters is 3. The third kappa shape index (κ3) is 17.2. The van der Waals surface area contributed by atoms with E-state index < -0.39 is 106 Å². The Kier molecular flexibility index (Phi) is 19.0. The normalized spacial score (nSPS) is 17.8. The fourth-order valence-electron chi connectivity index (χ4n) is 6.40. The van der Waals surface area contributed by atoms with Crippen LogP contribution in [-0.4, -0.2) is 124 Å². The first-order valence-corrected chi connectivity index (χ1v) is 22.6. The summed E-state index contributed by atoms with van der Waals surface area (Å²) in [6, 6.07) is 0.910. The van der Waals surface area contributed by atoms with Crippen LogP contribution in [0.3, 0.4) is 0 Å². The lowest BCUT2D eigenvalue weighted by atomic mass is 9.98. The fourth-order valence-corrected chi connectivity index (χ4v) is 7.79. The number of β-lactam (4-membered cyclic amide) rings is 1. The summed E-state index contributed by atoms with van der Waals surface area (Å²) in [5.41, 5.74) is -1.64. The number of benzene rings is 1. The minimum atomic E-state index is -1.36. The largest absolute Gasteiger partial charge is 0.497 e. The van der Waals surface area contributed by atoms with Crippen LogP contribution in [0, 0.1) is 0 Å². The highest BCUT2D eigenvalue weighted by Crippen LogP contribution is 2.42. The number of methoxy groups -OCH3 is 1. The molecule has 1 saturated heterocycles. The second kappa shape index (κ2) is 23.0. The minimum Gasteiger partial charge on any atom is -0.497 e. The number of nitrogens with zero attached hydrogens (tertiary/aromatic N) is 1. The average Bonchev–Trinajstić information content (AvgIpc) is 3.19. The molecule has 21 heteroatoms. The van der Waals surface area contributed by atoms with Gasteiger partial charge in [0.25, 0.3) is 5.91 Å². The molecular formula is C45H66N6O14S. The molecule has 3 rings (SSSR count). The maximum atomic E-state index is 14.0. The second-order valence-electron chi connectivity index (χ2n) is 18.9. The number of amides is 6. The van der Waals surface area contributed by atoms with E-state index in [0.29, 0.717) is 16.9 Å². The molecule has 1 aromatic carbocycles. The van der Waals surface area contributed by atoms with E-state index in [1.54, 1.807) is 86.6 Å². The maximum Gasteiger partial charge on any atom is 0.408 e. The van der Waals surface area contributed by atoms with Gasteiger partial charge < -0.3 is 50.3 Å². The van der Waals surface area contributed by atoms with Gasteiger partial charge in [-0.15, -0.1) is 11.8 Å². The highest BCUT2D eigenvalue weighted by atomic mass is 32.2. The van der Waals surface area contributed by atoms with Crippen LogP contribution in [0.15, 0.2) is 35.5 Å². The first-order chi connectivity index (χ1) is 30.5. The Balaban J connectivity index is 1.93. The summed E-state index contributed by atoms with van der Waals surface area (Å²) in [4.78, 5) is 120. The molecule has 1 fully saturated rings. The Labute approximate surface area is 390 Å². The van der Waals surface area contributed by atoms with E-state index in [1.807, 2.05) is 0 Å². The molecule has 6 atom stereocenters. The molecule has 0 spiro atoms. The molecule has 0 aromatic heterocycles. The molecule has 0 unspecified atom stereocenters. The van der Waals surface area contributed by atoms with E-state index in [1.165, 1.54) is 44.5 Å². The molecule has 5 N–H and O–H groups in total. The SMILES string of the molecule is COc1ccc(COC(=O)C2=C(CC[C@H](NC(=O)CC[C@@H](NC(C)=O)C(=O)OC(C)(C)C)C(=O)N[C@H](C)C(=O)N[C@H](C)C(=O)OC(C)(C)C)CS[C@@H]3[C@H](NC(=O)OC(C)(C)C)C(=O)N23)cc1. The van der Waals surface area contributed by atoms with Crippen molar-refractivity contribution in [2.45, 2.75) is 168 Å². The van der Waals surface area contributed by atoms with Gasteiger partial charge in [0.15, 0.2) is 0 Å². The van der Waals surface area contributed by atoms with Gasteiger partial charge in [-0.2, -0.15) is 0 Å². The lowest BCUT2D eigenvalue weighted by molar-refractivity contribution is -0.159. The zero-order valence-corrected chi connectivity index (χ0v) is 40.9. The smallest absolute Gasteiger partial charge is 0.408 e. The van der Waals surface area contributed by atoms with Crippen LogP contribution in [0.4, 0.5) is 4.79 Å². The van der Waals surface area contributed by atoms with Gasteiger partial charge in [0.05, 0.1) is 7.11 Å². The van der Waals surface area contributed by atoms with Crippen LogP contribution in [0.1, 0.15) is 114 Å². The van der Waals surface area contributed by atoms with E-state index in [0.717, 1.165) is 0 Å². The Bertz CT molecular complexity index is 2020. The van der Waals surface area contributed by atoms with Gasteiger partial charge in [-0.25, -0.2) is 19.2 Å². The van der Waals surface area contributed by atoms with Gasteiger partial charge >= 0.3 is 24.0 Å². The Morgan fingerprint density at radius 3 is 1.88 bits per heavy atom. The van der Waals surface area contributed by atoms with Crippen molar-refractivity contribution in [3.05, 3.63) is 41.1 Å². The number of fused-ring (bicyclic) bond motifs is 1. The van der Waals surface area contributed by atoms with Crippen molar-refractivity contribution in [1.82, 2.24) is 31.5 Å². The van der Waals surface area contributed by atoms with Crippen molar-refractivity contribution < 1.29 is 66.8 Å². The van der Waals surface area contributed by atoms with Gasteiger partial charge in [0.1, 0.15) is 70.4 Å². The topological polar surface area (TPSA) is 263 Å². The summed E-state index contributed by atoms with van der Waals surface area (Å²) in [6.45, 7) is 18.8. The monoisotopic (exact) mass is 946 g/mol. The summed E-state index contributed by atoms with van der Waals surface area (Å²) in [6.07, 6.45) is -1.59. The number of rotatable bonds is 19. The van der Waals surface area contributed by atoms with Crippen LogP contribution >= 0.6 is 11.8 Å². The number of nitrogens with one attached hydrogen (secondary N) is 5. The van der Waals surface area contributed by atoms with E-state index in [-0.39, 0.29) is 43.7 Å². The summed E-state index contributed by atoms with van der Waals surface area (Å²) in [7, 11) is 1.51. The average molecular weight is 947 g/mol. The zero-order chi connectivity index (χ0) is 49.9. The standard InChI is InChI=1S/C45H66N6O14S/c1-24(35(54)47-25(2)39(57)63-43(4,5)6)46-36(55)30(49-32(53)21-20-31(48-26(3)52)40(58)64-44(7,8)9)19-16-28-23-66-38-33(50-42(60)65-45(10,11)12)37(56)51(38)34(28)41(59)62-22-27-14-17-29(61-13)18-15-27/h14-15,17-18,24-25,30-31,33,38H,16,19-23H2,1-13H3,(H,46,55)(H,47,54)(H,48,52)(H,49,53)(H,50,60)/t24-,25-,30+,31-,33-,38-/m1/s1. The second-order valence-corrected chi connectivity index (χ2v) is 20.0. The zero-order valence-electron chi connectivity index (χ0n) is 40.1. The van der Waals surface area contributed by atoms with Gasteiger partial charge in [-0.3, -0.25) is 28.9 Å². The molecule has 66 heavy (non-hydrogen) atoms. The molecule has 0 saturated carbocycles. The van der Waals surface area contributed by atoms with Crippen LogP contribution in [-0.2, 0) is 63.9 Å². The molecule has 1 aromatic rings. The third-order valence-corrected chi connectivity index (χ3v) is 10.8. The van der Waals surface area contributed by atoms with E-state index in [4.69, 9.17) is 23.7 Å². The first-order valence-electron chi connectivity index (χ1n) is 21.6. The number of carbonyl (C=O) groups is 9.